The molecule has 0 amide bonds. The summed E-state index contributed by atoms with van der Waals surface area (Å²) in [6.07, 6.45) is 4.94. The number of carbonyl (C=O) groups is 1. The third kappa shape index (κ3) is 5.01. The molecule has 154 valence electrons. The molecule has 2 bridgehead atoms. The molecule has 7 nitrogen and oxygen atoms in total. The zero-order valence-corrected chi connectivity index (χ0v) is 16.9. The first-order valence-electron chi connectivity index (χ1n) is 10.8. The molecule has 27 heavy (non-hydrogen) atoms. The van der Waals surface area contributed by atoms with Crippen LogP contribution in [0.4, 0.5) is 0 Å². The molecule has 4 saturated heterocycles. The number of likely N-dealkylation sites (N-methyl/N-ethyl adjacent to an activating group) is 1. The van der Waals surface area contributed by atoms with E-state index < -0.39 is 0 Å². The minimum absolute atomic E-state index is 0.0433. The van der Waals surface area contributed by atoms with Crippen molar-refractivity contribution in [3.05, 3.63) is 0 Å². The van der Waals surface area contributed by atoms with E-state index in [1.165, 1.54) is 51.9 Å². The van der Waals surface area contributed by atoms with Crippen LogP contribution in [0.5, 0.6) is 0 Å². The number of ether oxygens (including phenoxy) is 2. The third-order valence-corrected chi connectivity index (χ3v) is 7.00. The molecule has 2 atom stereocenters. The number of fused-ring (bicyclic) bond motifs is 2. The van der Waals surface area contributed by atoms with E-state index >= 15 is 0 Å². The number of hydrogen-bond donors (Lipinski definition) is 0. The Morgan fingerprint density at radius 1 is 0.963 bits per heavy atom. The molecular weight excluding hydrogens is 344 g/mol. The van der Waals surface area contributed by atoms with Crippen LogP contribution in [0.3, 0.4) is 0 Å². The Bertz CT molecular complexity index is 478. The zero-order valence-electron chi connectivity index (χ0n) is 16.9. The van der Waals surface area contributed by atoms with Gasteiger partial charge in [-0.2, -0.15) is 0 Å². The van der Waals surface area contributed by atoms with Gasteiger partial charge in [-0.1, -0.05) is 0 Å². The molecule has 0 aliphatic carbocycles. The molecule has 7 heteroatoms. The molecule has 0 N–H and O–H groups in total. The number of esters is 1. The first kappa shape index (κ1) is 19.6. The van der Waals surface area contributed by atoms with Crippen LogP contribution in [0.1, 0.15) is 25.7 Å². The fourth-order valence-electron chi connectivity index (χ4n) is 5.30. The van der Waals surface area contributed by atoms with E-state index in [-0.39, 0.29) is 5.97 Å². The van der Waals surface area contributed by atoms with Crippen LogP contribution >= 0.6 is 0 Å². The van der Waals surface area contributed by atoms with Crippen molar-refractivity contribution in [2.45, 2.75) is 43.8 Å². The summed E-state index contributed by atoms with van der Waals surface area (Å²) in [5.74, 6) is -0.0433. The van der Waals surface area contributed by atoms with Gasteiger partial charge in [-0.25, -0.2) is 0 Å². The molecular formula is C20H36N4O3. The third-order valence-electron chi connectivity index (χ3n) is 7.00. The largest absolute Gasteiger partial charge is 0.463 e. The van der Waals surface area contributed by atoms with E-state index in [1.807, 2.05) is 0 Å². The lowest BCUT2D eigenvalue weighted by atomic mass is 9.95. The van der Waals surface area contributed by atoms with E-state index in [1.54, 1.807) is 0 Å². The lowest BCUT2D eigenvalue weighted by molar-refractivity contribution is -0.147. The summed E-state index contributed by atoms with van der Waals surface area (Å²) in [5, 5.41) is 0. The monoisotopic (exact) mass is 380 g/mol. The van der Waals surface area contributed by atoms with Gasteiger partial charge in [-0.15, -0.1) is 0 Å². The Balaban J connectivity index is 1.19. The predicted octanol–water partition coefficient (Wildman–Crippen LogP) is 0.105. The highest BCUT2D eigenvalue weighted by Gasteiger charge is 2.43. The van der Waals surface area contributed by atoms with Crippen LogP contribution < -0.4 is 0 Å². The number of hydrogen-bond acceptors (Lipinski definition) is 7. The van der Waals surface area contributed by atoms with E-state index in [2.05, 4.69) is 26.6 Å². The zero-order chi connectivity index (χ0) is 18.6. The Labute approximate surface area is 163 Å². The molecule has 4 fully saturated rings. The van der Waals surface area contributed by atoms with E-state index in [4.69, 9.17) is 9.47 Å². The average molecular weight is 381 g/mol. The predicted molar refractivity (Wildman–Crippen MR) is 104 cm³/mol. The van der Waals surface area contributed by atoms with Crippen molar-refractivity contribution in [1.82, 2.24) is 19.6 Å². The van der Waals surface area contributed by atoms with Gasteiger partial charge in [0.1, 0.15) is 6.61 Å². The Morgan fingerprint density at radius 2 is 1.63 bits per heavy atom. The second kappa shape index (κ2) is 9.18. The van der Waals surface area contributed by atoms with Crippen LogP contribution in [0.2, 0.25) is 0 Å². The first-order chi connectivity index (χ1) is 13.2. The van der Waals surface area contributed by atoms with Gasteiger partial charge < -0.3 is 14.4 Å². The highest BCUT2D eigenvalue weighted by Crippen LogP contribution is 2.37. The fourth-order valence-corrected chi connectivity index (χ4v) is 5.30. The molecule has 0 radical (unpaired) electrons. The van der Waals surface area contributed by atoms with Crippen LogP contribution in [-0.4, -0.2) is 123 Å². The average Bonchev–Trinajstić information content (AvgIpc) is 2.90. The molecule has 0 spiro atoms. The van der Waals surface area contributed by atoms with Crippen molar-refractivity contribution >= 4 is 5.97 Å². The van der Waals surface area contributed by atoms with Gasteiger partial charge in [0.05, 0.1) is 19.8 Å². The van der Waals surface area contributed by atoms with Gasteiger partial charge in [-0.3, -0.25) is 19.5 Å². The highest BCUT2D eigenvalue weighted by atomic mass is 16.5. The van der Waals surface area contributed by atoms with Gasteiger partial charge in [0.15, 0.2) is 0 Å². The van der Waals surface area contributed by atoms with Gasteiger partial charge in [0, 0.05) is 63.9 Å². The summed E-state index contributed by atoms with van der Waals surface area (Å²) in [4.78, 5) is 22.2. The highest BCUT2D eigenvalue weighted by molar-refractivity contribution is 5.71. The van der Waals surface area contributed by atoms with Crippen molar-refractivity contribution < 1.29 is 14.3 Å². The van der Waals surface area contributed by atoms with Gasteiger partial charge in [0.2, 0.25) is 0 Å². The van der Waals surface area contributed by atoms with E-state index in [0.717, 1.165) is 32.8 Å². The SMILES string of the molecule is CN1CCN(C2CC3CCC(C2)N3CC(=O)OCCN2CCOCC2)CC1. The molecule has 0 aromatic heterocycles. The molecule has 0 saturated carbocycles. The Morgan fingerprint density at radius 3 is 2.30 bits per heavy atom. The summed E-state index contributed by atoms with van der Waals surface area (Å²) in [7, 11) is 2.22. The van der Waals surface area contributed by atoms with Gasteiger partial charge in [-0.05, 0) is 32.7 Å². The van der Waals surface area contributed by atoms with Crippen LogP contribution in [-0.2, 0) is 14.3 Å². The van der Waals surface area contributed by atoms with Crippen molar-refractivity contribution in [2.75, 3.05) is 79.2 Å². The molecule has 0 aromatic rings. The van der Waals surface area contributed by atoms with Gasteiger partial charge in [0.25, 0.3) is 0 Å². The number of piperidine rings is 1. The summed E-state index contributed by atoms with van der Waals surface area (Å²) in [6.45, 7) is 10.1. The molecule has 4 aliphatic heterocycles. The first-order valence-corrected chi connectivity index (χ1v) is 10.8. The second-order valence-corrected chi connectivity index (χ2v) is 8.70. The minimum atomic E-state index is -0.0433. The summed E-state index contributed by atoms with van der Waals surface area (Å²) >= 11 is 0. The van der Waals surface area contributed by atoms with Crippen molar-refractivity contribution in [1.29, 1.82) is 0 Å². The topological polar surface area (TPSA) is 48.5 Å². The lowest BCUT2D eigenvalue weighted by Gasteiger charge is -2.45. The Hall–Kier alpha value is -0.730. The molecule has 4 aliphatic rings. The maximum atomic E-state index is 12.4. The van der Waals surface area contributed by atoms with E-state index in [0.29, 0.717) is 31.3 Å². The number of carbonyl (C=O) groups excluding carboxylic acids is 1. The lowest BCUT2D eigenvalue weighted by Crippen LogP contribution is -2.55. The van der Waals surface area contributed by atoms with Crippen LogP contribution in [0, 0.1) is 0 Å². The standard InChI is InChI=1S/C20H36N4O3/c1-21-4-6-23(7-5-21)19-14-17-2-3-18(15-19)24(17)16-20(25)27-13-10-22-8-11-26-12-9-22/h17-19H,2-16H2,1H3. The van der Waals surface area contributed by atoms with Crippen molar-refractivity contribution in [2.24, 2.45) is 0 Å². The molecule has 4 rings (SSSR count). The van der Waals surface area contributed by atoms with E-state index in [9.17, 15) is 4.79 Å². The summed E-state index contributed by atoms with van der Waals surface area (Å²) in [5.41, 5.74) is 0. The smallest absolute Gasteiger partial charge is 0.320 e. The number of rotatable bonds is 6. The maximum Gasteiger partial charge on any atom is 0.320 e. The molecule has 0 aromatic carbocycles. The van der Waals surface area contributed by atoms with Crippen LogP contribution in [0.15, 0.2) is 0 Å². The number of piperazine rings is 1. The summed E-state index contributed by atoms with van der Waals surface area (Å²) < 4.78 is 10.9. The molecule has 4 heterocycles. The van der Waals surface area contributed by atoms with Crippen molar-refractivity contribution in [3.63, 3.8) is 0 Å². The number of nitrogens with zero attached hydrogens (tertiary/aromatic N) is 4. The Kier molecular flexibility index (Phi) is 6.66. The minimum Gasteiger partial charge on any atom is -0.463 e. The molecule has 2 unspecified atom stereocenters. The van der Waals surface area contributed by atoms with Gasteiger partial charge >= 0.3 is 5.97 Å². The fraction of sp³-hybridized carbons (Fsp3) is 0.950. The maximum absolute atomic E-state index is 12.4. The normalized spacial score (nSPS) is 34.0. The number of morpholine rings is 1. The summed E-state index contributed by atoms with van der Waals surface area (Å²) in [6, 6.07) is 1.85. The second-order valence-electron chi connectivity index (χ2n) is 8.70. The van der Waals surface area contributed by atoms with Crippen LogP contribution in [0.25, 0.3) is 0 Å². The van der Waals surface area contributed by atoms with Crippen molar-refractivity contribution in [3.8, 4) is 0 Å². The quantitative estimate of drug-likeness (QED) is 0.606.